The molecule has 0 spiro atoms. The fraction of sp³-hybridized carbons (Fsp3) is 0.400. The highest BCUT2D eigenvalue weighted by molar-refractivity contribution is 5.43. The van der Waals surface area contributed by atoms with Crippen LogP contribution >= 0.6 is 0 Å². The molecule has 2 atom stereocenters. The maximum Gasteiger partial charge on any atom is 0.310 e. The predicted molar refractivity (Wildman–Crippen MR) is 57.7 cm³/mol. The van der Waals surface area contributed by atoms with Crippen LogP contribution in [0.3, 0.4) is 0 Å². The summed E-state index contributed by atoms with van der Waals surface area (Å²) in [6.07, 6.45) is -3.27. The van der Waals surface area contributed by atoms with Crippen molar-refractivity contribution in [2.75, 3.05) is 6.54 Å². The first kappa shape index (κ1) is 14.4. The molecular formula is C10H12F2N2O4. The second-order valence-electron chi connectivity index (χ2n) is 3.67. The Morgan fingerprint density at radius 2 is 2.00 bits per heavy atom. The number of rotatable bonds is 5. The lowest BCUT2D eigenvalue weighted by molar-refractivity contribution is -0.389. The summed E-state index contributed by atoms with van der Waals surface area (Å²) in [5.41, 5.74) is 3.48. The lowest BCUT2D eigenvalue weighted by atomic mass is 10.00. The quantitative estimate of drug-likeness (QED) is 0.532. The third-order valence-electron chi connectivity index (χ3n) is 2.39. The van der Waals surface area contributed by atoms with Gasteiger partial charge in [-0.2, -0.15) is 4.39 Å². The molecular weight excluding hydrogens is 250 g/mol. The Kier molecular flexibility index (Phi) is 4.65. The van der Waals surface area contributed by atoms with Gasteiger partial charge in [-0.25, -0.2) is 4.39 Å². The highest BCUT2D eigenvalue weighted by Gasteiger charge is 2.30. The number of halogens is 2. The normalized spacial score (nSPS) is 14.3. The van der Waals surface area contributed by atoms with Crippen LogP contribution in [0.4, 0.5) is 14.5 Å². The number of nitrogens with two attached hydrogens (primary N) is 1. The van der Waals surface area contributed by atoms with Crippen molar-refractivity contribution in [3.63, 3.8) is 0 Å². The van der Waals surface area contributed by atoms with E-state index in [-0.39, 0.29) is 13.0 Å². The van der Waals surface area contributed by atoms with Crippen molar-refractivity contribution < 1.29 is 23.9 Å². The molecule has 0 radical (unpaired) electrons. The van der Waals surface area contributed by atoms with Gasteiger partial charge in [0.25, 0.3) is 0 Å². The first-order chi connectivity index (χ1) is 8.38. The summed E-state index contributed by atoms with van der Waals surface area (Å²) in [4.78, 5) is 9.58. The number of benzene rings is 1. The van der Waals surface area contributed by atoms with Crippen LogP contribution in [0.15, 0.2) is 12.1 Å². The van der Waals surface area contributed by atoms with Crippen LogP contribution in [-0.2, 0) is 0 Å². The highest BCUT2D eigenvalue weighted by Crippen LogP contribution is 2.31. The van der Waals surface area contributed by atoms with E-state index < -0.39 is 40.0 Å². The SMILES string of the molecule is NCCC(O)C(O)c1cc(F)cc(F)c1[N+](=O)[O-]. The summed E-state index contributed by atoms with van der Waals surface area (Å²) in [5.74, 6) is -2.49. The van der Waals surface area contributed by atoms with E-state index >= 15 is 0 Å². The van der Waals surface area contributed by atoms with Gasteiger partial charge >= 0.3 is 5.69 Å². The van der Waals surface area contributed by atoms with Crippen molar-refractivity contribution in [1.82, 2.24) is 0 Å². The smallest absolute Gasteiger partial charge is 0.310 e. The summed E-state index contributed by atoms with van der Waals surface area (Å²) in [5, 5.41) is 29.8. The third-order valence-corrected chi connectivity index (χ3v) is 2.39. The van der Waals surface area contributed by atoms with Crippen molar-refractivity contribution in [2.24, 2.45) is 5.73 Å². The minimum atomic E-state index is -1.78. The molecule has 18 heavy (non-hydrogen) atoms. The monoisotopic (exact) mass is 262 g/mol. The molecule has 0 heterocycles. The number of nitro groups is 1. The molecule has 0 aliphatic carbocycles. The van der Waals surface area contributed by atoms with Crippen molar-refractivity contribution in [3.05, 3.63) is 39.4 Å². The first-order valence-corrected chi connectivity index (χ1v) is 5.08. The molecule has 1 aromatic rings. The summed E-state index contributed by atoms with van der Waals surface area (Å²) in [6, 6.07) is 0.954. The Labute approximate surface area is 101 Å². The Morgan fingerprint density at radius 3 is 2.50 bits per heavy atom. The number of nitro benzene ring substituents is 1. The van der Waals surface area contributed by atoms with Crippen LogP contribution < -0.4 is 5.73 Å². The van der Waals surface area contributed by atoms with Gasteiger partial charge in [0.2, 0.25) is 5.82 Å². The van der Waals surface area contributed by atoms with Gasteiger partial charge in [-0.3, -0.25) is 10.1 Å². The molecule has 6 nitrogen and oxygen atoms in total. The zero-order valence-electron chi connectivity index (χ0n) is 9.22. The fourth-order valence-electron chi connectivity index (χ4n) is 1.54. The summed E-state index contributed by atoms with van der Waals surface area (Å²) in [7, 11) is 0. The van der Waals surface area contributed by atoms with E-state index in [1.54, 1.807) is 0 Å². The van der Waals surface area contributed by atoms with Crippen LogP contribution in [0.1, 0.15) is 18.1 Å². The molecule has 1 rings (SSSR count). The van der Waals surface area contributed by atoms with Crippen molar-refractivity contribution in [3.8, 4) is 0 Å². The molecule has 0 amide bonds. The molecule has 100 valence electrons. The van der Waals surface area contributed by atoms with Gasteiger partial charge in [0.05, 0.1) is 16.6 Å². The van der Waals surface area contributed by atoms with Gasteiger partial charge in [-0.05, 0) is 19.0 Å². The van der Waals surface area contributed by atoms with E-state index in [1.807, 2.05) is 0 Å². The minimum absolute atomic E-state index is 0.0177. The molecule has 8 heteroatoms. The summed E-state index contributed by atoms with van der Waals surface area (Å²) < 4.78 is 26.3. The number of aliphatic hydroxyl groups is 2. The lowest BCUT2D eigenvalue weighted by Gasteiger charge is -2.17. The van der Waals surface area contributed by atoms with E-state index in [0.717, 1.165) is 0 Å². The van der Waals surface area contributed by atoms with E-state index in [4.69, 9.17) is 5.73 Å². The van der Waals surface area contributed by atoms with Gasteiger partial charge in [0.1, 0.15) is 11.9 Å². The number of hydrogen-bond donors (Lipinski definition) is 3. The van der Waals surface area contributed by atoms with Crippen molar-refractivity contribution in [1.29, 1.82) is 0 Å². The van der Waals surface area contributed by atoms with Crippen LogP contribution in [0.25, 0.3) is 0 Å². The van der Waals surface area contributed by atoms with E-state index in [2.05, 4.69) is 0 Å². The molecule has 1 aromatic carbocycles. The number of hydrogen-bond acceptors (Lipinski definition) is 5. The van der Waals surface area contributed by atoms with Crippen LogP contribution in [-0.4, -0.2) is 27.8 Å². The molecule has 0 aliphatic heterocycles. The topological polar surface area (TPSA) is 110 Å². The highest BCUT2D eigenvalue weighted by atomic mass is 19.1. The molecule has 0 saturated heterocycles. The predicted octanol–water partition coefficient (Wildman–Crippen LogP) is 0.616. The third kappa shape index (κ3) is 2.97. The van der Waals surface area contributed by atoms with E-state index in [1.165, 1.54) is 0 Å². The number of aliphatic hydroxyl groups excluding tert-OH is 2. The average Bonchev–Trinajstić information content (AvgIpc) is 2.26. The Bertz CT molecular complexity index is 456. The van der Waals surface area contributed by atoms with Gasteiger partial charge in [-0.15, -0.1) is 0 Å². The van der Waals surface area contributed by atoms with Gasteiger partial charge in [0, 0.05) is 6.07 Å². The van der Waals surface area contributed by atoms with Crippen molar-refractivity contribution >= 4 is 5.69 Å². The van der Waals surface area contributed by atoms with Crippen LogP contribution in [0.2, 0.25) is 0 Å². The summed E-state index contributed by atoms with van der Waals surface area (Å²) >= 11 is 0. The van der Waals surface area contributed by atoms with Gasteiger partial charge in [-0.1, -0.05) is 0 Å². The summed E-state index contributed by atoms with van der Waals surface area (Å²) in [6.45, 7) is 0.0177. The molecule has 0 aromatic heterocycles. The average molecular weight is 262 g/mol. The molecule has 0 aliphatic rings. The molecule has 2 unspecified atom stereocenters. The van der Waals surface area contributed by atoms with Crippen molar-refractivity contribution in [2.45, 2.75) is 18.6 Å². The molecule has 0 saturated carbocycles. The van der Waals surface area contributed by atoms with E-state index in [0.29, 0.717) is 12.1 Å². The Morgan fingerprint density at radius 1 is 1.39 bits per heavy atom. The maximum atomic E-state index is 13.3. The Balaban J connectivity index is 3.25. The fourth-order valence-corrected chi connectivity index (χ4v) is 1.54. The van der Waals surface area contributed by atoms with Gasteiger partial charge in [0.15, 0.2) is 0 Å². The molecule has 0 bridgehead atoms. The standard InChI is InChI=1S/C10H12F2N2O4/c11-5-3-6(10(16)8(15)1-2-13)9(14(17)18)7(12)4-5/h3-4,8,10,15-16H,1-2,13H2. The van der Waals surface area contributed by atoms with Crippen LogP contribution in [0.5, 0.6) is 0 Å². The maximum absolute atomic E-state index is 13.3. The Hall–Kier alpha value is -1.64. The largest absolute Gasteiger partial charge is 0.390 e. The van der Waals surface area contributed by atoms with Gasteiger partial charge < -0.3 is 15.9 Å². The molecule has 4 N–H and O–H groups in total. The first-order valence-electron chi connectivity index (χ1n) is 5.08. The zero-order valence-corrected chi connectivity index (χ0v) is 9.22. The minimum Gasteiger partial charge on any atom is -0.390 e. The number of nitrogens with zero attached hydrogens (tertiary/aromatic N) is 1. The second-order valence-corrected chi connectivity index (χ2v) is 3.67. The lowest BCUT2D eigenvalue weighted by Crippen LogP contribution is -2.23. The second kappa shape index (κ2) is 5.80. The zero-order chi connectivity index (χ0) is 13.9. The molecule has 0 fully saturated rings. The van der Waals surface area contributed by atoms with E-state index in [9.17, 15) is 29.1 Å². The van der Waals surface area contributed by atoms with Crippen LogP contribution in [0, 0.1) is 21.7 Å².